The van der Waals surface area contributed by atoms with E-state index in [9.17, 15) is 4.79 Å². The molecule has 2 aliphatic rings. The maximum absolute atomic E-state index is 12.5. The molecule has 0 spiro atoms. The quantitative estimate of drug-likeness (QED) is 0.894. The van der Waals surface area contributed by atoms with Crippen molar-refractivity contribution in [1.29, 1.82) is 5.26 Å². The Bertz CT molecular complexity index is 550. The van der Waals surface area contributed by atoms with Gasteiger partial charge in [-0.15, -0.1) is 11.3 Å². The molecule has 5 nitrogen and oxygen atoms in total. The summed E-state index contributed by atoms with van der Waals surface area (Å²) in [5.74, 6) is 0.403. The Balaban J connectivity index is 1.65. The minimum Gasteiger partial charge on any atom is -0.325 e. The van der Waals surface area contributed by atoms with Crippen molar-refractivity contribution in [2.45, 2.75) is 44.2 Å². The molecule has 2 saturated heterocycles. The number of thiazole rings is 1. The van der Waals surface area contributed by atoms with Gasteiger partial charge in [0.15, 0.2) is 0 Å². The zero-order chi connectivity index (χ0) is 14.1. The summed E-state index contributed by atoms with van der Waals surface area (Å²) in [5, 5.41) is 15.5. The fraction of sp³-hybridized carbons (Fsp3) is 0.643. The van der Waals surface area contributed by atoms with Gasteiger partial charge in [-0.25, -0.2) is 4.98 Å². The van der Waals surface area contributed by atoms with E-state index in [-0.39, 0.29) is 18.0 Å². The lowest BCUT2D eigenvalue weighted by Crippen LogP contribution is -2.45. The Hall–Kier alpha value is -1.45. The Morgan fingerprint density at radius 1 is 1.65 bits per heavy atom. The smallest absolute Gasteiger partial charge is 0.240 e. The summed E-state index contributed by atoms with van der Waals surface area (Å²) in [6.45, 7) is 3.52. The van der Waals surface area contributed by atoms with Crippen molar-refractivity contribution >= 4 is 17.2 Å². The monoisotopic (exact) mass is 290 g/mol. The summed E-state index contributed by atoms with van der Waals surface area (Å²) >= 11 is 1.65. The van der Waals surface area contributed by atoms with Crippen molar-refractivity contribution in [2.24, 2.45) is 0 Å². The number of amides is 1. The van der Waals surface area contributed by atoms with Gasteiger partial charge in [0.1, 0.15) is 6.04 Å². The SMILES string of the molecule is Cc1nc(C2CNC(C(=O)N3CCC[C@H]3C#N)C2)cs1. The molecule has 1 aromatic heterocycles. The van der Waals surface area contributed by atoms with E-state index in [0.717, 1.165) is 43.1 Å². The first-order valence-electron chi connectivity index (χ1n) is 7.04. The third-order valence-corrected chi connectivity index (χ3v) is 4.96. The van der Waals surface area contributed by atoms with Gasteiger partial charge in [0.2, 0.25) is 5.91 Å². The zero-order valence-electron chi connectivity index (χ0n) is 11.5. The zero-order valence-corrected chi connectivity index (χ0v) is 12.3. The van der Waals surface area contributed by atoms with Crippen LogP contribution < -0.4 is 5.32 Å². The Labute approximate surface area is 122 Å². The summed E-state index contributed by atoms with van der Waals surface area (Å²) in [6, 6.07) is 1.84. The number of hydrogen-bond acceptors (Lipinski definition) is 5. The Morgan fingerprint density at radius 3 is 3.20 bits per heavy atom. The molecule has 3 rings (SSSR count). The Morgan fingerprint density at radius 2 is 2.50 bits per heavy atom. The van der Waals surface area contributed by atoms with Crippen LogP contribution in [0.25, 0.3) is 0 Å². The average molecular weight is 290 g/mol. The second kappa shape index (κ2) is 5.51. The summed E-state index contributed by atoms with van der Waals surface area (Å²) in [7, 11) is 0. The van der Waals surface area contributed by atoms with Crippen LogP contribution in [0.1, 0.15) is 35.9 Å². The Kier molecular flexibility index (Phi) is 3.72. The minimum atomic E-state index is -0.232. The van der Waals surface area contributed by atoms with E-state index in [4.69, 9.17) is 5.26 Å². The highest BCUT2D eigenvalue weighted by atomic mass is 32.1. The fourth-order valence-electron chi connectivity index (χ4n) is 3.08. The van der Waals surface area contributed by atoms with Crippen LogP contribution in [0.15, 0.2) is 5.38 Å². The van der Waals surface area contributed by atoms with Crippen molar-refractivity contribution < 1.29 is 4.79 Å². The van der Waals surface area contributed by atoms with E-state index in [2.05, 4.69) is 21.8 Å². The van der Waals surface area contributed by atoms with E-state index in [1.54, 1.807) is 16.2 Å². The van der Waals surface area contributed by atoms with Gasteiger partial charge in [0.25, 0.3) is 0 Å². The molecule has 3 heterocycles. The number of nitrogens with zero attached hydrogens (tertiary/aromatic N) is 3. The number of nitrogens with one attached hydrogen (secondary N) is 1. The lowest BCUT2D eigenvalue weighted by atomic mass is 10.0. The molecule has 1 aromatic rings. The highest BCUT2D eigenvalue weighted by molar-refractivity contribution is 7.09. The topological polar surface area (TPSA) is 69.0 Å². The van der Waals surface area contributed by atoms with Gasteiger partial charge >= 0.3 is 0 Å². The van der Waals surface area contributed by atoms with Crippen LogP contribution in [0.2, 0.25) is 0 Å². The number of aromatic nitrogens is 1. The molecule has 0 aromatic carbocycles. The summed E-state index contributed by atoms with van der Waals surface area (Å²) in [6.07, 6.45) is 2.53. The number of likely N-dealkylation sites (tertiary alicyclic amines) is 1. The summed E-state index contributed by atoms with van der Waals surface area (Å²) in [4.78, 5) is 18.8. The van der Waals surface area contributed by atoms with Crippen LogP contribution in [-0.4, -0.2) is 41.0 Å². The first kappa shape index (κ1) is 13.5. The molecule has 20 heavy (non-hydrogen) atoms. The van der Waals surface area contributed by atoms with E-state index in [1.807, 2.05) is 6.92 Å². The number of carbonyl (C=O) groups excluding carboxylic acids is 1. The van der Waals surface area contributed by atoms with Crippen LogP contribution in [0.3, 0.4) is 0 Å². The molecule has 2 unspecified atom stereocenters. The average Bonchev–Trinajstić information content (AvgIpc) is 3.17. The third kappa shape index (κ3) is 2.43. The number of hydrogen-bond donors (Lipinski definition) is 1. The molecule has 3 atom stereocenters. The second-order valence-electron chi connectivity index (χ2n) is 5.50. The third-order valence-electron chi connectivity index (χ3n) is 4.17. The van der Waals surface area contributed by atoms with Crippen LogP contribution >= 0.6 is 11.3 Å². The van der Waals surface area contributed by atoms with Crippen molar-refractivity contribution in [2.75, 3.05) is 13.1 Å². The van der Waals surface area contributed by atoms with Gasteiger partial charge in [-0.3, -0.25) is 4.79 Å². The van der Waals surface area contributed by atoms with Crippen molar-refractivity contribution in [3.8, 4) is 6.07 Å². The first-order chi connectivity index (χ1) is 9.69. The van der Waals surface area contributed by atoms with Crippen LogP contribution in [-0.2, 0) is 4.79 Å². The van der Waals surface area contributed by atoms with Gasteiger partial charge in [-0.1, -0.05) is 0 Å². The molecule has 106 valence electrons. The van der Waals surface area contributed by atoms with Gasteiger partial charge in [0, 0.05) is 24.4 Å². The second-order valence-corrected chi connectivity index (χ2v) is 6.57. The van der Waals surface area contributed by atoms with Gasteiger partial charge in [0.05, 0.1) is 22.8 Å². The molecular weight excluding hydrogens is 272 g/mol. The van der Waals surface area contributed by atoms with Gasteiger partial charge in [-0.2, -0.15) is 5.26 Å². The molecule has 1 N–H and O–H groups in total. The molecule has 2 aliphatic heterocycles. The highest BCUT2D eigenvalue weighted by Gasteiger charge is 2.37. The standard InChI is InChI=1S/C14H18N4OS/c1-9-17-13(8-20-9)10-5-12(16-7-10)14(19)18-4-2-3-11(18)6-15/h8,10-12,16H,2-5,7H2,1H3/t10?,11-,12?/m0/s1. The largest absolute Gasteiger partial charge is 0.325 e. The molecule has 2 fully saturated rings. The van der Waals surface area contributed by atoms with Crippen LogP contribution in [0.4, 0.5) is 0 Å². The van der Waals surface area contributed by atoms with Crippen LogP contribution in [0, 0.1) is 18.3 Å². The van der Waals surface area contributed by atoms with Crippen molar-refractivity contribution in [3.05, 3.63) is 16.1 Å². The molecule has 0 radical (unpaired) electrons. The maximum Gasteiger partial charge on any atom is 0.240 e. The molecule has 0 saturated carbocycles. The number of aryl methyl sites for hydroxylation is 1. The van der Waals surface area contributed by atoms with Crippen molar-refractivity contribution in [3.63, 3.8) is 0 Å². The maximum atomic E-state index is 12.5. The molecule has 0 aliphatic carbocycles. The normalized spacial score (nSPS) is 29.6. The fourth-order valence-corrected chi connectivity index (χ4v) is 3.78. The predicted molar refractivity (Wildman–Crippen MR) is 76.3 cm³/mol. The van der Waals surface area contributed by atoms with Crippen LogP contribution in [0.5, 0.6) is 0 Å². The molecule has 6 heteroatoms. The predicted octanol–water partition coefficient (Wildman–Crippen LogP) is 1.41. The molecule has 1 amide bonds. The van der Waals surface area contributed by atoms with E-state index >= 15 is 0 Å². The summed E-state index contributed by atoms with van der Waals surface area (Å²) in [5.41, 5.74) is 1.09. The van der Waals surface area contributed by atoms with Crippen molar-refractivity contribution in [1.82, 2.24) is 15.2 Å². The minimum absolute atomic E-state index is 0.0866. The summed E-state index contributed by atoms with van der Waals surface area (Å²) < 4.78 is 0. The molecular formula is C14H18N4OS. The highest BCUT2D eigenvalue weighted by Crippen LogP contribution is 2.28. The first-order valence-corrected chi connectivity index (χ1v) is 7.92. The van der Waals surface area contributed by atoms with E-state index in [0.29, 0.717) is 5.92 Å². The molecule has 0 bridgehead atoms. The lowest BCUT2D eigenvalue weighted by Gasteiger charge is -2.23. The van der Waals surface area contributed by atoms with Gasteiger partial charge in [-0.05, 0) is 26.2 Å². The van der Waals surface area contributed by atoms with E-state index < -0.39 is 0 Å². The van der Waals surface area contributed by atoms with E-state index in [1.165, 1.54) is 0 Å². The number of rotatable bonds is 2. The number of carbonyl (C=O) groups is 1. The number of nitriles is 1. The van der Waals surface area contributed by atoms with Gasteiger partial charge < -0.3 is 10.2 Å². The lowest BCUT2D eigenvalue weighted by molar-refractivity contribution is -0.133.